The molecule has 2 N–H and O–H groups in total. The molecule has 0 atom stereocenters. The van der Waals surface area contributed by atoms with Gasteiger partial charge in [-0.15, -0.1) is 0 Å². The van der Waals surface area contributed by atoms with Gasteiger partial charge >= 0.3 is 0 Å². The van der Waals surface area contributed by atoms with Crippen LogP contribution in [0.15, 0.2) is 48.5 Å². The van der Waals surface area contributed by atoms with Crippen molar-refractivity contribution in [2.75, 3.05) is 0 Å². The summed E-state index contributed by atoms with van der Waals surface area (Å²) in [6.07, 6.45) is 4.12. The van der Waals surface area contributed by atoms with E-state index in [0.29, 0.717) is 23.2 Å². The molecule has 4 rings (SSSR count). The van der Waals surface area contributed by atoms with Crippen LogP contribution in [-0.2, 0) is 19.5 Å². The first kappa shape index (κ1) is 24.2. The number of aromatic carboxylic acids is 2. The molecule has 2 aliphatic carbocycles. The molecule has 0 spiro atoms. The smallest absolute Gasteiger partial charge is 0.251 e. The maximum Gasteiger partial charge on any atom is 0.251 e. The van der Waals surface area contributed by atoms with Crippen molar-refractivity contribution >= 4 is 23.8 Å². The van der Waals surface area contributed by atoms with Gasteiger partial charge in [-0.3, -0.25) is 9.59 Å². The summed E-state index contributed by atoms with van der Waals surface area (Å²) in [6, 6.07) is 12.1. The minimum absolute atomic E-state index is 0. The van der Waals surface area contributed by atoms with Gasteiger partial charge in [-0.1, -0.05) is 24.3 Å². The molecule has 31 heavy (non-hydrogen) atoms. The van der Waals surface area contributed by atoms with Gasteiger partial charge < -0.3 is 30.4 Å². The maximum atomic E-state index is 11.5. The summed E-state index contributed by atoms with van der Waals surface area (Å²) in [5.41, 5.74) is 1.12. The third-order valence-corrected chi connectivity index (χ3v) is 4.59. The molecule has 0 heterocycles. The van der Waals surface area contributed by atoms with E-state index in [1.54, 1.807) is 0 Å². The van der Waals surface area contributed by atoms with Crippen LogP contribution in [0.1, 0.15) is 67.1 Å². The number of rotatable bonds is 6. The van der Waals surface area contributed by atoms with Crippen molar-refractivity contribution in [2.45, 2.75) is 37.8 Å². The van der Waals surface area contributed by atoms with E-state index in [1.165, 1.54) is 48.5 Å². The number of hydrogen-bond donors (Lipinski definition) is 2. The number of carbonyl (C=O) groups is 4. The second-order valence-corrected chi connectivity index (χ2v) is 7.23. The molecule has 9 heteroatoms. The Bertz CT molecular complexity index is 871. The molecule has 0 saturated heterocycles. The SMILES string of the molecule is O=C([O-])c1ccc(C(=O)NC2CC2)cc1.O=C([O-])c1ccc(C(=O)NC2CC2)cc1.[Zn]. The maximum absolute atomic E-state index is 11.5. The van der Waals surface area contributed by atoms with E-state index >= 15 is 0 Å². The van der Waals surface area contributed by atoms with Gasteiger partial charge in [-0.05, 0) is 61.1 Å². The summed E-state index contributed by atoms with van der Waals surface area (Å²) in [6.45, 7) is 0. The first-order chi connectivity index (χ1) is 14.3. The molecular weight excluding hydrogens is 454 g/mol. The molecule has 8 nitrogen and oxygen atoms in total. The number of carbonyl (C=O) groups excluding carboxylic acids is 4. The topological polar surface area (TPSA) is 138 Å². The van der Waals surface area contributed by atoms with Crippen LogP contribution in [0.4, 0.5) is 0 Å². The third kappa shape index (κ3) is 7.61. The van der Waals surface area contributed by atoms with Crippen molar-refractivity contribution in [3.05, 3.63) is 70.8 Å². The van der Waals surface area contributed by atoms with Gasteiger partial charge in [0.1, 0.15) is 0 Å². The number of benzene rings is 2. The van der Waals surface area contributed by atoms with Crippen LogP contribution in [-0.4, -0.2) is 35.8 Å². The van der Waals surface area contributed by atoms with E-state index in [-0.39, 0.29) is 42.4 Å². The minimum atomic E-state index is -1.23. The molecule has 0 aliphatic heterocycles. The van der Waals surface area contributed by atoms with E-state index in [2.05, 4.69) is 10.6 Å². The van der Waals surface area contributed by atoms with Crippen LogP contribution < -0.4 is 20.8 Å². The van der Waals surface area contributed by atoms with Crippen LogP contribution in [0.25, 0.3) is 0 Å². The van der Waals surface area contributed by atoms with Gasteiger partial charge in [0, 0.05) is 42.7 Å². The standard InChI is InChI=1S/2C11H11NO3.Zn/c2*13-10(12-9-5-6-9)7-1-3-8(4-2-7)11(14)15;/h2*1-4,9H,5-6H2,(H,12,13)(H,14,15);/p-2. The molecule has 2 aliphatic rings. The second-order valence-electron chi connectivity index (χ2n) is 7.23. The zero-order valence-electron chi connectivity index (χ0n) is 16.8. The fraction of sp³-hybridized carbons (Fsp3) is 0.273. The molecule has 2 fully saturated rings. The van der Waals surface area contributed by atoms with Crippen LogP contribution in [0.5, 0.6) is 0 Å². The fourth-order valence-electron chi connectivity index (χ4n) is 2.51. The molecule has 2 saturated carbocycles. The zero-order chi connectivity index (χ0) is 21.7. The predicted molar refractivity (Wildman–Crippen MR) is 103 cm³/mol. The molecule has 0 unspecified atom stereocenters. The molecule has 2 aromatic carbocycles. The Morgan fingerprint density at radius 1 is 0.581 bits per heavy atom. The monoisotopic (exact) mass is 472 g/mol. The molecule has 0 bridgehead atoms. The van der Waals surface area contributed by atoms with Crippen molar-refractivity contribution in [1.82, 2.24) is 10.6 Å². The van der Waals surface area contributed by atoms with E-state index in [0.717, 1.165) is 25.7 Å². The summed E-state index contributed by atoms with van der Waals surface area (Å²) in [5.74, 6) is -2.77. The zero-order valence-corrected chi connectivity index (χ0v) is 19.7. The van der Waals surface area contributed by atoms with E-state index < -0.39 is 11.9 Å². The summed E-state index contributed by atoms with van der Waals surface area (Å²) in [5, 5.41) is 26.6. The van der Waals surface area contributed by atoms with Gasteiger partial charge in [0.15, 0.2) is 0 Å². The Labute approximate surface area is 191 Å². The van der Waals surface area contributed by atoms with Crippen molar-refractivity contribution < 1.29 is 48.9 Å². The largest absolute Gasteiger partial charge is 0.545 e. The number of carboxylic acid groups (broad SMARTS) is 2. The Kier molecular flexibility index (Phi) is 8.45. The van der Waals surface area contributed by atoms with Gasteiger partial charge in [-0.25, -0.2) is 0 Å². The molecule has 0 aromatic heterocycles. The van der Waals surface area contributed by atoms with Gasteiger partial charge in [0.25, 0.3) is 11.8 Å². The van der Waals surface area contributed by atoms with Crippen LogP contribution in [0.3, 0.4) is 0 Å². The number of amides is 2. The quantitative estimate of drug-likeness (QED) is 0.561. The van der Waals surface area contributed by atoms with Crippen LogP contribution in [0.2, 0.25) is 0 Å². The summed E-state index contributed by atoms with van der Waals surface area (Å²) in [7, 11) is 0. The first-order valence-electron chi connectivity index (χ1n) is 9.58. The second kappa shape index (κ2) is 10.8. The van der Waals surface area contributed by atoms with Gasteiger partial charge in [-0.2, -0.15) is 0 Å². The summed E-state index contributed by atoms with van der Waals surface area (Å²) < 4.78 is 0. The Balaban J connectivity index is 0.000000213. The molecule has 2 amide bonds. The number of carboxylic acids is 2. The number of hydrogen-bond acceptors (Lipinski definition) is 6. The Morgan fingerprint density at radius 2 is 0.839 bits per heavy atom. The fourth-order valence-corrected chi connectivity index (χ4v) is 2.51. The Morgan fingerprint density at radius 3 is 1.06 bits per heavy atom. The van der Waals surface area contributed by atoms with Crippen molar-refractivity contribution in [2.24, 2.45) is 0 Å². The predicted octanol–water partition coefficient (Wildman–Crippen LogP) is -0.118. The average Bonchev–Trinajstić information content (AvgIpc) is 3.66. The first-order valence-corrected chi connectivity index (χ1v) is 9.58. The Hall–Kier alpha value is -3.06. The summed E-state index contributed by atoms with van der Waals surface area (Å²) in [4.78, 5) is 43.9. The van der Waals surface area contributed by atoms with Gasteiger partial charge in [0.05, 0.1) is 11.9 Å². The van der Waals surface area contributed by atoms with Crippen molar-refractivity contribution in [3.63, 3.8) is 0 Å². The normalized spacial score (nSPS) is 14.2. The molecular formula is C22H20N2O6Zn-2. The van der Waals surface area contributed by atoms with Crippen LogP contribution >= 0.6 is 0 Å². The summed E-state index contributed by atoms with van der Waals surface area (Å²) >= 11 is 0. The molecule has 158 valence electrons. The molecule has 0 radical (unpaired) electrons. The van der Waals surface area contributed by atoms with Crippen molar-refractivity contribution in [1.29, 1.82) is 0 Å². The minimum Gasteiger partial charge on any atom is -0.545 e. The number of nitrogens with one attached hydrogen (secondary N) is 2. The van der Waals surface area contributed by atoms with E-state index in [4.69, 9.17) is 0 Å². The molecule has 2 aromatic rings. The average molecular weight is 474 g/mol. The van der Waals surface area contributed by atoms with E-state index in [9.17, 15) is 29.4 Å². The van der Waals surface area contributed by atoms with E-state index in [1.807, 2.05) is 0 Å². The van der Waals surface area contributed by atoms with Gasteiger partial charge in [0.2, 0.25) is 0 Å². The van der Waals surface area contributed by atoms with Crippen molar-refractivity contribution in [3.8, 4) is 0 Å². The van der Waals surface area contributed by atoms with Crippen LogP contribution in [0, 0.1) is 0 Å². The third-order valence-electron chi connectivity index (χ3n) is 4.59.